The molecule has 1 aromatic carbocycles. The number of amides is 1. The lowest BCUT2D eigenvalue weighted by molar-refractivity contribution is 0.0827. The number of aromatic nitrogens is 3. The number of rotatable bonds is 5. The average molecular weight is 436 g/mol. The summed E-state index contributed by atoms with van der Waals surface area (Å²) in [4.78, 5) is 22.3. The topological polar surface area (TPSA) is 97.2 Å². The van der Waals surface area contributed by atoms with Crippen LogP contribution in [0.4, 0.5) is 11.5 Å². The minimum Gasteiger partial charge on any atom is -0.345 e. The maximum Gasteiger partial charge on any atom is 0.253 e. The van der Waals surface area contributed by atoms with E-state index in [-0.39, 0.29) is 5.91 Å². The highest BCUT2D eigenvalue weighted by atomic mass is 32.2. The summed E-state index contributed by atoms with van der Waals surface area (Å²) >= 11 is 0. The van der Waals surface area contributed by atoms with E-state index in [0.717, 1.165) is 17.4 Å². The molecule has 0 unspecified atom stereocenters. The van der Waals surface area contributed by atoms with E-state index >= 15 is 0 Å². The van der Waals surface area contributed by atoms with Crippen LogP contribution in [0.5, 0.6) is 0 Å². The maximum absolute atomic E-state index is 12.0. The Morgan fingerprint density at radius 1 is 0.968 bits per heavy atom. The van der Waals surface area contributed by atoms with Gasteiger partial charge in [0.05, 0.1) is 29.2 Å². The second kappa shape index (κ2) is 7.84. The minimum absolute atomic E-state index is 0.0446. The molecule has 158 valence electrons. The third-order valence-electron chi connectivity index (χ3n) is 4.77. The quantitative estimate of drug-likeness (QED) is 0.516. The molecule has 1 amide bonds. The first-order valence-corrected chi connectivity index (χ1v) is 11.3. The number of nitrogens with one attached hydrogen (secondary N) is 1. The SMILES string of the molecule is CN(C)C(=O)c1ccc(-c2ccc(Nc3cnc4ccn(S(C)(=O)=O)c4c3)nc2)cc1. The molecule has 8 nitrogen and oxygen atoms in total. The molecule has 31 heavy (non-hydrogen) atoms. The number of benzene rings is 1. The standard InChI is InChI=1S/C22H21N5O3S/c1-26(2)22(28)16-6-4-15(5-7-16)17-8-9-21(24-13-17)25-18-12-20-19(23-14-18)10-11-27(20)31(3,29)30/h4-14H,1-3H3,(H,24,25). The second-order valence-electron chi connectivity index (χ2n) is 7.34. The molecular weight excluding hydrogens is 414 g/mol. The predicted octanol–water partition coefficient (Wildman–Crippen LogP) is 3.35. The Bertz CT molecular complexity index is 1360. The van der Waals surface area contributed by atoms with Gasteiger partial charge in [-0.15, -0.1) is 0 Å². The number of hydrogen-bond donors (Lipinski definition) is 1. The number of pyridine rings is 2. The molecule has 0 saturated carbocycles. The van der Waals surface area contributed by atoms with Gasteiger partial charge in [-0.2, -0.15) is 0 Å². The van der Waals surface area contributed by atoms with Gasteiger partial charge in [0.15, 0.2) is 0 Å². The zero-order valence-electron chi connectivity index (χ0n) is 17.3. The van der Waals surface area contributed by atoms with Crippen LogP contribution in [0.25, 0.3) is 22.2 Å². The zero-order chi connectivity index (χ0) is 22.2. The van der Waals surface area contributed by atoms with Gasteiger partial charge in [0.2, 0.25) is 10.0 Å². The van der Waals surface area contributed by atoms with Gasteiger partial charge >= 0.3 is 0 Å². The van der Waals surface area contributed by atoms with Gasteiger partial charge in [0.25, 0.3) is 5.91 Å². The summed E-state index contributed by atoms with van der Waals surface area (Å²) in [5.41, 5.74) is 4.20. The van der Waals surface area contributed by atoms with Gasteiger partial charge in [-0.05, 0) is 42.0 Å². The molecule has 0 aliphatic rings. The first-order valence-electron chi connectivity index (χ1n) is 9.45. The van der Waals surface area contributed by atoms with Crippen LogP contribution in [0.15, 0.2) is 67.1 Å². The third kappa shape index (κ3) is 4.26. The molecule has 3 aromatic heterocycles. The van der Waals surface area contributed by atoms with Crippen molar-refractivity contribution in [3.05, 3.63) is 72.7 Å². The van der Waals surface area contributed by atoms with Crippen LogP contribution in [0.1, 0.15) is 10.4 Å². The van der Waals surface area contributed by atoms with Crippen LogP contribution in [0.3, 0.4) is 0 Å². The van der Waals surface area contributed by atoms with E-state index in [2.05, 4.69) is 15.3 Å². The first-order chi connectivity index (χ1) is 14.7. The molecule has 0 atom stereocenters. The molecule has 0 aliphatic heterocycles. The molecule has 0 radical (unpaired) electrons. The third-order valence-corrected chi connectivity index (χ3v) is 5.80. The van der Waals surface area contributed by atoms with Crippen molar-refractivity contribution in [2.45, 2.75) is 0 Å². The fraction of sp³-hybridized carbons (Fsp3) is 0.136. The van der Waals surface area contributed by atoms with Crippen molar-refractivity contribution in [3.63, 3.8) is 0 Å². The van der Waals surface area contributed by atoms with Gasteiger partial charge in [0, 0.05) is 37.6 Å². The Balaban J connectivity index is 1.54. The van der Waals surface area contributed by atoms with Crippen molar-refractivity contribution in [1.82, 2.24) is 18.8 Å². The summed E-state index contributed by atoms with van der Waals surface area (Å²) in [6.45, 7) is 0. The maximum atomic E-state index is 12.0. The second-order valence-corrected chi connectivity index (χ2v) is 9.20. The summed E-state index contributed by atoms with van der Waals surface area (Å²) < 4.78 is 25.0. The summed E-state index contributed by atoms with van der Waals surface area (Å²) in [7, 11) is 0.0239. The summed E-state index contributed by atoms with van der Waals surface area (Å²) in [5, 5.41) is 3.15. The summed E-state index contributed by atoms with van der Waals surface area (Å²) in [6, 6.07) is 14.5. The Labute approximate surface area is 180 Å². The molecule has 4 aromatic rings. The average Bonchev–Trinajstić information content (AvgIpc) is 3.18. The molecule has 0 saturated heterocycles. The predicted molar refractivity (Wildman–Crippen MR) is 121 cm³/mol. The van der Waals surface area contributed by atoms with Crippen molar-refractivity contribution >= 4 is 38.5 Å². The highest BCUT2D eigenvalue weighted by molar-refractivity contribution is 7.89. The number of fused-ring (bicyclic) bond motifs is 1. The Hall–Kier alpha value is -3.72. The highest BCUT2D eigenvalue weighted by Crippen LogP contribution is 2.24. The number of hydrogen-bond acceptors (Lipinski definition) is 6. The lowest BCUT2D eigenvalue weighted by Gasteiger charge is -2.11. The summed E-state index contributed by atoms with van der Waals surface area (Å²) in [5.74, 6) is 0.554. The van der Waals surface area contributed by atoms with Crippen LogP contribution in [0, 0.1) is 0 Å². The van der Waals surface area contributed by atoms with Gasteiger partial charge in [-0.25, -0.2) is 17.4 Å². The van der Waals surface area contributed by atoms with Gasteiger partial charge in [-0.1, -0.05) is 12.1 Å². The van der Waals surface area contributed by atoms with Crippen LogP contribution in [0.2, 0.25) is 0 Å². The van der Waals surface area contributed by atoms with E-state index in [0.29, 0.717) is 28.1 Å². The van der Waals surface area contributed by atoms with Crippen molar-refractivity contribution in [2.75, 3.05) is 25.7 Å². The van der Waals surface area contributed by atoms with Crippen LogP contribution < -0.4 is 5.32 Å². The number of nitrogens with zero attached hydrogens (tertiary/aromatic N) is 4. The Morgan fingerprint density at radius 2 is 1.68 bits per heavy atom. The van der Waals surface area contributed by atoms with E-state index in [1.54, 1.807) is 50.8 Å². The van der Waals surface area contributed by atoms with E-state index in [4.69, 9.17) is 0 Å². The fourth-order valence-electron chi connectivity index (χ4n) is 3.19. The van der Waals surface area contributed by atoms with Crippen LogP contribution in [-0.4, -0.2) is 53.5 Å². The number of anilines is 2. The van der Waals surface area contributed by atoms with Crippen molar-refractivity contribution in [3.8, 4) is 11.1 Å². The lowest BCUT2D eigenvalue weighted by atomic mass is 10.1. The molecule has 4 rings (SSSR count). The van der Waals surface area contributed by atoms with Crippen LogP contribution in [-0.2, 0) is 10.0 Å². The smallest absolute Gasteiger partial charge is 0.253 e. The van der Waals surface area contributed by atoms with Crippen molar-refractivity contribution in [1.29, 1.82) is 0 Å². The molecule has 0 spiro atoms. The largest absolute Gasteiger partial charge is 0.345 e. The first kappa shape index (κ1) is 20.5. The molecule has 9 heteroatoms. The van der Waals surface area contributed by atoms with Gasteiger partial charge in [-0.3, -0.25) is 9.78 Å². The molecule has 0 fully saturated rings. The molecule has 1 N–H and O–H groups in total. The lowest BCUT2D eigenvalue weighted by Crippen LogP contribution is -2.21. The van der Waals surface area contributed by atoms with Crippen molar-refractivity contribution in [2.24, 2.45) is 0 Å². The Morgan fingerprint density at radius 3 is 2.29 bits per heavy atom. The minimum atomic E-state index is -3.42. The van der Waals surface area contributed by atoms with Crippen LogP contribution >= 0.6 is 0 Å². The normalized spacial score (nSPS) is 11.5. The number of carbonyl (C=O) groups excluding carboxylic acids is 1. The van der Waals surface area contributed by atoms with E-state index in [9.17, 15) is 13.2 Å². The monoisotopic (exact) mass is 435 g/mol. The van der Waals surface area contributed by atoms with E-state index in [1.165, 1.54) is 15.1 Å². The van der Waals surface area contributed by atoms with Gasteiger partial charge in [0.1, 0.15) is 5.82 Å². The highest BCUT2D eigenvalue weighted by Gasteiger charge is 2.12. The van der Waals surface area contributed by atoms with E-state index in [1.807, 2.05) is 24.3 Å². The zero-order valence-corrected chi connectivity index (χ0v) is 18.1. The van der Waals surface area contributed by atoms with Gasteiger partial charge < -0.3 is 10.2 Å². The van der Waals surface area contributed by atoms with Crippen molar-refractivity contribution < 1.29 is 13.2 Å². The number of carbonyl (C=O) groups is 1. The molecule has 3 heterocycles. The molecule has 0 aliphatic carbocycles. The van der Waals surface area contributed by atoms with E-state index < -0.39 is 10.0 Å². The fourth-order valence-corrected chi connectivity index (χ4v) is 3.98. The Kier molecular flexibility index (Phi) is 5.20. The molecular formula is C22H21N5O3S. The molecule has 0 bridgehead atoms. The summed E-state index contributed by atoms with van der Waals surface area (Å²) in [6.07, 6.45) is 6.00.